The molecule has 0 saturated heterocycles. The number of hydrogen-bond donors (Lipinski definition) is 1. The van der Waals surface area contributed by atoms with Crippen molar-refractivity contribution in [3.05, 3.63) is 57.5 Å². The number of benzene rings is 1. The van der Waals surface area contributed by atoms with E-state index in [0.717, 1.165) is 15.7 Å². The minimum atomic E-state index is -4.67. The molecule has 0 radical (unpaired) electrons. The number of nitrogens with one attached hydrogen (secondary N) is 1. The molecule has 1 aromatic carbocycles. The molecule has 1 N–H and O–H groups in total. The summed E-state index contributed by atoms with van der Waals surface area (Å²) in [6, 6.07) is 6.05. The second-order valence-electron chi connectivity index (χ2n) is 6.63. The first-order valence-electron chi connectivity index (χ1n) is 8.58. The van der Waals surface area contributed by atoms with Crippen molar-refractivity contribution in [3.63, 3.8) is 0 Å². The Morgan fingerprint density at radius 2 is 1.96 bits per heavy atom. The molecule has 2 aromatic heterocycles. The highest BCUT2D eigenvalue weighted by Gasteiger charge is 2.34. The summed E-state index contributed by atoms with van der Waals surface area (Å²) in [5, 5.41) is 6.58. The van der Waals surface area contributed by atoms with Crippen molar-refractivity contribution in [1.82, 2.24) is 14.3 Å². The van der Waals surface area contributed by atoms with Crippen molar-refractivity contribution >= 4 is 22.6 Å². The van der Waals surface area contributed by atoms with Crippen LogP contribution in [0.5, 0.6) is 0 Å². The highest BCUT2D eigenvalue weighted by Crippen LogP contribution is 2.33. The van der Waals surface area contributed by atoms with Crippen LogP contribution in [-0.2, 0) is 24.6 Å². The first-order chi connectivity index (χ1) is 13.1. The summed E-state index contributed by atoms with van der Waals surface area (Å²) in [6.07, 6.45) is -3.53. The van der Waals surface area contributed by atoms with E-state index in [1.807, 2.05) is 26.0 Å². The van der Waals surface area contributed by atoms with Crippen LogP contribution in [0.25, 0.3) is 11.0 Å². The zero-order valence-corrected chi connectivity index (χ0v) is 15.6. The molecule has 28 heavy (non-hydrogen) atoms. The molecular formula is C19H19F3N4O2. The van der Waals surface area contributed by atoms with E-state index in [-0.39, 0.29) is 29.9 Å². The van der Waals surface area contributed by atoms with Gasteiger partial charge in [0.05, 0.1) is 5.56 Å². The maximum Gasteiger partial charge on any atom is 0.417 e. The summed E-state index contributed by atoms with van der Waals surface area (Å²) in [6.45, 7) is 3.72. The van der Waals surface area contributed by atoms with Crippen molar-refractivity contribution in [2.45, 2.75) is 33.0 Å². The van der Waals surface area contributed by atoms with Gasteiger partial charge in [0.25, 0.3) is 5.56 Å². The van der Waals surface area contributed by atoms with Gasteiger partial charge in [0.1, 0.15) is 0 Å². The predicted molar refractivity (Wildman–Crippen MR) is 99.1 cm³/mol. The number of pyridine rings is 1. The van der Waals surface area contributed by atoms with Gasteiger partial charge in [-0.3, -0.25) is 18.8 Å². The Morgan fingerprint density at radius 3 is 2.64 bits per heavy atom. The molecule has 0 aliphatic rings. The first-order valence-corrected chi connectivity index (χ1v) is 8.58. The molecule has 148 valence electrons. The number of carbonyl (C=O) groups is 1. The van der Waals surface area contributed by atoms with Crippen molar-refractivity contribution in [1.29, 1.82) is 0 Å². The van der Waals surface area contributed by atoms with Gasteiger partial charge in [-0.2, -0.15) is 18.3 Å². The van der Waals surface area contributed by atoms with Gasteiger partial charge in [0.15, 0.2) is 5.65 Å². The van der Waals surface area contributed by atoms with E-state index in [2.05, 4.69) is 10.4 Å². The Kier molecular flexibility index (Phi) is 5.01. The van der Waals surface area contributed by atoms with Crippen LogP contribution in [0.15, 0.2) is 35.3 Å². The molecule has 1 amide bonds. The van der Waals surface area contributed by atoms with E-state index in [1.165, 1.54) is 17.9 Å². The SMILES string of the molecule is Cc1cccc(NC(=O)CCn2c(=O)cc(C(F)(F)F)c3cn(C)nc32)c1C. The van der Waals surface area contributed by atoms with E-state index in [1.54, 1.807) is 6.07 Å². The Morgan fingerprint density at radius 1 is 1.25 bits per heavy atom. The van der Waals surface area contributed by atoms with E-state index in [9.17, 15) is 22.8 Å². The molecule has 3 rings (SSSR count). The number of rotatable bonds is 4. The molecule has 2 heterocycles. The molecule has 3 aromatic rings. The van der Waals surface area contributed by atoms with Crippen LogP contribution in [0.1, 0.15) is 23.1 Å². The van der Waals surface area contributed by atoms with Gasteiger partial charge >= 0.3 is 6.18 Å². The monoisotopic (exact) mass is 392 g/mol. The number of aryl methyl sites for hydroxylation is 3. The van der Waals surface area contributed by atoms with Crippen LogP contribution >= 0.6 is 0 Å². The second-order valence-corrected chi connectivity index (χ2v) is 6.63. The average molecular weight is 392 g/mol. The zero-order chi connectivity index (χ0) is 20.6. The lowest BCUT2D eigenvalue weighted by atomic mass is 10.1. The van der Waals surface area contributed by atoms with E-state index in [4.69, 9.17) is 0 Å². The van der Waals surface area contributed by atoms with Gasteiger partial charge in [-0.1, -0.05) is 12.1 Å². The summed E-state index contributed by atoms with van der Waals surface area (Å²) in [5.41, 5.74) is 0.631. The van der Waals surface area contributed by atoms with Crippen LogP contribution < -0.4 is 10.9 Å². The topological polar surface area (TPSA) is 68.9 Å². The van der Waals surface area contributed by atoms with Gasteiger partial charge in [0.2, 0.25) is 5.91 Å². The summed E-state index contributed by atoms with van der Waals surface area (Å²) in [4.78, 5) is 24.6. The largest absolute Gasteiger partial charge is 0.417 e. The number of alkyl halides is 3. The third-order valence-electron chi connectivity index (χ3n) is 4.64. The molecular weight excluding hydrogens is 373 g/mol. The van der Waals surface area contributed by atoms with Gasteiger partial charge in [-0.05, 0) is 31.0 Å². The van der Waals surface area contributed by atoms with Crippen molar-refractivity contribution < 1.29 is 18.0 Å². The minimum absolute atomic E-state index is 0.0790. The maximum absolute atomic E-state index is 13.2. The normalized spacial score (nSPS) is 11.8. The fourth-order valence-corrected chi connectivity index (χ4v) is 3.01. The number of nitrogens with zero attached hydrogens (tertiary/aromatic N) is 3. The lowest BCUT2D eigenvalue weighted by molar-refractivity contribution is -0.136. The smallest absolute Gasteiger partial charge is 0.326 e. The fourth-order valence-electron chi connectivity index (χ4n) is 3.01. The zero-order valence-electron chi connectivity index (χ0n) is 15.6. The van der Waals surface area contributed by atoms with Crippen LogP contribution in [0.3, 0.4) is 0 Å². The molecule has 0 unspecified atom stereocenters. The molecule has 0 atom stereocenters. The minimum Gasteiger partial charge on any atom is -0.326 e. The highest BCUT2D eigenvalue weighted by molar-refractivity contribution is 5.91. The molecule has 0 bridgehead atoms. The quantitative estimate of drug-likeness (QED) is 0.740. The van der Waals surface area contributed by atoms with E-state index in [0.29, 0.717) is 11.8 Å². The van der Waals surface area contributed by atoms with E-state index < -0.39 is 17.3 Å². The Hall–Kier alpha value is -3.10. The van der Waals surface area contributed by atoms with Crippen LogP contribution in [-0.4, -0.2) is 20.3 Å². The average Bonchev–Trinajstić information content (AvgIpc) is 2.97. The van der Waals surface area contributed by atoms with Crippen LogP contribution in [0, 0.1) is 13.8 Å². The Bertz CT molecular complexity index is 1110. The number of halogens is 3. The highest BCUT2D eigenvalue weighted by atomic mass is 19.4. The van der Waals surface area contributed by atoms with Gasteiger partial charge in [0, 0.05) is 43.4 Å². The molecule has 6 nitrogen and oxygen atoms in total. The second kappa shape index (κ2) is 7.14. The molecule has 0 aliphatic carbocycles. The van der Waals surface area contributed by atoms with Crippen LogP contribution in [0.2, 0.25) is 0 Å². The number of anilines is 1. The van der Waals surface area contributed by atoms with Crippen LogP contribution in [0.4, 0.5) is 18.9 Å². The number of aromatic nitrogens is 3. The summed E-state index contributed by atoms with van der Waals surface area (Å²) in [7, 11) is 1.47. The maximum atomic E-state index is 13.2. The predicted octanol–water partition coefficient (Wildman–Crippen LogP) is 3.40. The number of hydrogen-bond acceptors (Lipinski definition) is 3. The summed E-state index contributed by atoms with van der Waals surface area (Å²) >= 11 is 0. The van der Waals surface area contributed by atoms with E-state index >= 15 is 0 Å². The Labute approximate surface area is 158 Å². The third-order valence-corrected chi connectivity index (χ3v) is 4.64. The number of amides is 1. The van der Waals surface area contributed by atoms with Gasteiger partial charge < -0.3 is 5.32 Å². The number of carbonyl (C=O) groups excluding carboxylic acids is 1. The molecule has 0 aliphatic heterocycles. The number of fused-ring (bicyclic) bond motifs is 1. The van der Waals surface area contributed by atoms with Crippen molar-refractivity contribution in [2.75, 3.05) is 5.32 Å². The summed E-state index contributed by atoms with van der Waals surface area (Å²) in [5.74, 6) is -0.343. The third kappa shape index (κ3) is 3.78. The standard InChI is InChI=1S/C19H19F3N4O2/c1-11-5-4-6-15(12(11)2)23-16(27)7-8-26-17(28)9-14(19(20,21)22)13-10-25(3)24-18(13)26/h4-6,9-10H,7-8H2,1-3H3,(H,23,27). The van der Waals surface area contributed by atoms with Gasteiger partial charge in [-0.15, -0.1) is 0 Å². The van der Waals surface area contributed by atoms with Crippen molar-refractivity contribution in [2.24, 2.45) is 7.05 Å². The van der Waals surface area contributed by atoms with Crippen molar-refractivity contribution in [3.8, 4) is 0 Å². The van der Waals surface area contributed by atoms with Gasteiger partial charge in [-0.25, -0.2) is 0 Å². The summed E-state index contributed by atoms with van der Waals surface area (Å²) < 4.78 is 42.0. The first kappa shape index (κ1) is 19.7. The molecule has 0 spiro atoms. The lowest BCUT2D eigenvalue weighted by Crippen LogP contribution is -2.25. The lowest BCUT2D eigenvalue weighted by Gasteiger charge is -2.13. The molecule has 0 saturated carbocycles. The molecule has 9 heteroatoms. The Balaban J connectivity index is 1.87. The fraction of sp³-hybridized carbons (Fsp3) is 0.316. The molecule has 0 fully saturated rings.